The standard InChI is InChI=1S/C16H19N5S/c1-10-4-19-21(5-10)8-13-6-20(7-13)15-14-11(2)12(3)22-16(14)18-9-17-15/h4-5,9,13H,6-8H2,1-3H3. The Kier molecular flexibility index (Phi) is 3.14. The van der Waals surface area contributed by atoms with Crippen molar-refractivity contribution < 1.29 is 0 Å². The Morgan fingerprint density at radius 3 is 2.77 bits per heavy atom. The van der Waals surface area contributed by atoms with Gasteiger partial charge in [-0.05, 0) is 31.9 Å². The highest BCUT2D eigenvalue weighted by molar-refractivity contribution is 7.18. The van der Waals surface area contributed by atoms with E-state index in [1.165, 1.54) is 21.4 Å². The van der Waals surface area contributed by atoms with Crippen LogP contribution in [-0.4, -0.2) is 32.8 Å². The first-order chi connectivity index (χ1) is 10.6. The predicted molar refractivity (Wildman–Crippen MR) is 89.6 cm³/mol. The number of aromatic nitrogens is 4. The molecule has 0 unspecified atom stereocenters. The molecule has 5 nitrogen and oxygen atoms in total. The van der Waals surface area contributed by atoms with Crippen LogP contribution in [0.3, 0.4) is 0 Å². The van der Waals surface area contributed by atoms with Crippen LogP contribution in [0, 0.1) is 26.7 Å². The number of fused-ring (bicyclic) bond motifs is 1. The van der Waals surface area contributed by atoms with Crippen LogP contribution in [0.2, 0.25) is 0 Å². The Bertz CT molecular complexity index is 828. The molecule has 0 spiro atoms. The maximum Gasteiger partial charge on any atom is 0.141 e. The zero-order chi connectivity index (χ0) is 15.3. The van der Waals surface area contributed by atoms with Crippen molar-refractivity contribution in [1.29, 1.82) is 0 Å². The van der Waals surface area contributed by atoms with E-state index < -0.39 is 0 Å². The second-order valence-electron chi connectivity index (χ2n) is 6.17. The van der Waals surface area contributed by atoms with Gasteiger partial charge in [0.15, 0.2) is 0 Å². The third-order valence-electron chi connectivity index (χ3n) is 4.41. The van der Waals surface area contributed by atoms with Crippen LogP contribution in [0.1, 0.15) is 16.0 Å². The molecule has 1 aliphatic heterocycles. The lowest BCUT2D eigenvalue weighted by Crippen LogP contribution is -2.49. The molecule has 4 heterocycles. The number of thiophene rings is 1. The molecule has 114 valence electrons. The third-order valence-corrected chi connectivity index (χ3v) is 5.52. The van der Waals surface area contributed by atoms with Gasteiger partial charge in [-0.3, -0.25) is 4.68 Å². The van der Waals surface area contributed by atoms with Crippen molar-refractivity contribution in [3.05, 3.63) is 34.7 Å². The molecule has 0 aromatic carbocycles. The largest absolute Gasteiger partial charge is 0.355 e. The van der Waals surface area contributed by atoms with Crippen LogP contribution in [0.5, 0.6) is 0 Å². The molecule has 1 aliphatic rings. The Balaban J connectivity index is 1.53. The van der Waals surface area contributed by atoms with Crippen molar-refractivity contribution in [3.63, 3.8) is 0 Å². The summed E-state index contributed by atoms with van der Waals surface area (Å²) in [5.41, 5.74) is 2.54. The molecule has 0 amide bonds. The molecule has 0 N–H and O–H groups in total. The zero-order valence-electron chi connectivity index (χ0n) is 13.1. The average molecular weight is 313 g/mol. The van der Waals surface area contributed by atoms with Crippen molar-refractivity contribution in [1.82, 2.24) is 19.7 Å². The summed E-state index contributed by atoms with van der Waals surface area (Å²) in [7, 11) is 0. The minimum Gasteiger partial charge on any atom is -0.355 e. The van der Waals surface area contributed by atoms with Gasteiger partial charge in [0, 0.05) is 36.6 Å². The van der Waals surface area contributed by atoms with E-state index in [1.54, 1.807) is 17.7 Å². The Labute approximate surface area is 133 Å². The van der Waals surface area contributed by atoms with E-state index in [-0.39, 0.29) is 0 Å². The van der Waals surface area contributed by atoms with Gasteiger partial charge in [-0.2, -0.15) is 5.10 Å². The Morgan fingerprint density at radius 2 is 2.05 bits per heavy atom. The zero-order valence-corrected chi connectivity index (χ0v) is 13.9. The van der Waals surface area contributed by atoms with Crippen molar-refractivity contribution >= 4 is 27.4 Å². The van der Waals surface area contributed by atoms with Gasteiger partial charge in [0.2, 0.25) is 0 Å². The monoisotopic (exact) mass is 313 g/mol. The lowest BCUT2D eigenvalue weighted by molar-refractivity contribution is 0.341. The lowest BCUT2D eigenvalue weighted by Gasteiger charge is -2.40. The molecule has 1 saturated heterocycles. The van der Waals surface area contributed by atoms with Gasteiger partial charge in [0.05, 0.1) is 11.6 Å². The third kappa shape index (κ3) is 2.18. The molecule has 0 atom stereocenters. The molecule has 0 bridgehead atoms. The Morgan fingerprint density at radius 1 is 1.23 bits per heavy atom. The van der Waals surface area contributed by atoms with Crippen molar-refractivity contribution in [2.24, 2.45) is 5.92 Å². The topological polar surface area (TPSA) is 46.8 Å². The summed E-state index contributed by atoms with van der Waals surface area (Å²) in [5, 5.41) is 5.61. The highest BCUT2D eigenvalue weighted by Crippen LogP contribution is 2.36. The first-order valence-electron chi connectivity index (χ1n) is 7.56. The molecular weight excluding hydrogens is 294 g/mol. The average Bonchev–Trinajstić information content (AvgIpc) is 2.98. The summed E-state index contributed by atoms with van der Waals surface area (Å²) in [6.45, 7) is 9.48. The fraction of sp³-hybridized carbons (Fsp3) is 0.438. The van der Waals surface area contributed by atoms with E-state index in [9.17, 15) is 0 Å². The number of aryl methyl sites for hydroxylation is 3. The summed E-state index contributed by atoms with van der Waals surface area (Å²) >= 11 is 1.76. The number of anilines is 1. The molecule has 6 heteroatoms. The highest BCUT2D eigenvalue weighted by atomic mass is 32.1. The lowest BCUT2D eigenvalue weighted by atomic mass is 9.99. The maximum atomic E-state index is 4.55. The van der Waals surface area contributed by atoms with Gasteiger partial charge in [-0.25, -0.2) is 9.97 Å². The van der Waals surface area contributed by atoms with Gasteiger partial charge < -0.3 is 4.90 Å². The molecule has 0 saturated carbocycles. The van der Waals surface area contributed by atoms with E-state index in [1.807, 2.05) is 10.9 Å². The van der Waals surface area contributed by atoms with E-state index in [4.69, 9.17) is 0 Å². The normalized spacial score (nSPS) is 15.5. The van der Waals surface area contributed by atoms with E-state index in [0.29, 0.717) is 5.92 Å². The van der Waals surface area contributed by atoms with Gasteiger partial charge in [-0.15, -0.1) is 11.3 Å². The molecule has 1 fully saturated rings. The molecule has 3 aromatic heterocycles. The fourth-order valence-electron chi connectivity index (χ4n) is 3.09. The van der Waals surface area contributed by atoms with Gasteiger partial charge in [-0.1, -0.05) is 0 Å². The maximum absolute atomic E-state index is 4.55. The molecule has 4 rings (SSSR count). The highest BCUT2D eigenvalue weighted by Gasteiger charge is 2.30. The van der Waals surface area contributed by atoms with E-state index in [2.05, 4.69) is 46.9 Å². The number of hydrogen-bond acceptors (Lipinski definition) is 5. The number of rotatable bonds is 3. The smallest absolute Gasteiger partial charge is 0.141 e. The van der Waals surface area contributed by atoms with Gasteiger partial charge in [0.1, 0.15) is 17.0 Å². The number of hydrogen-bond donors (Lipinski definition) is 0. The predicted octanol–water partition coefficient (Wildman–Crippen LogP) is 2.95. The molecule has 3 aromatic rings. The summed E-state index contributed by atoms with van der Waals surface area (Å²) in [4.78, 5) is 13.8. The van der Waals surface area contributed by atoms with Crippen molar-refractivity contribution in [2.75, 3.05) is 18.0 Å². The summed E-state index contributed by atoms with van der Waals surface area (Å²) in [6.07, 6.45) is 5.72. The molecular formula is C16H19N5S. The van der Waals surface area contributed by atoms with Gasteiger partial charge in [0.25, 0.3) is 0 Å². The minimum absolute atomic E-state index is 0.643. The van der Waals surface area contributed by atoms with Crippen molar-refractivity contribution in [3.8, 4) is 0 Å². The van der Waals surface area contributed by atoms with Crippen LogP contribution < -0.4 is 4.90 Å². The minimum atomic E-state index is 0.643. The van der Waals surface area contributed by atoms with Crippen molar-refractivity contribution in [2.45, 2.75) is 27.3 Å². The van der Waals surface area contributed by atoms with Crippen LogP contribution >= 0.6 is 11.3 Å². The van der Waals surface area contributed by atoms with Crippen LogP contribution in [-0.2, 0) is 6.54 Å². The summed E-state index contributed by atoms with van der Waals surface area (Å²) in [5.74, 6) is 1.74. The second kappa shape index (κ2) is 5.05. The summed E-state index contributed by atoms with van der Waals surface area (Å²) < 4.78 is 2.05. The van der Waals surface area contributed by atoms with E-state index in [0.717, 1.165) is 30.3 Å². The summed E-state index contributed by atoms with van der Waals surface area (Å²) in [6, 6.07) is 0. The van der Waals surface area contributed by atoms with Crippen LogP contribution in [0.15, 0.2) is 18.7 Å². The molecule has 0 radical (unpaired) electrons. The SMILES string of the molecule is Cc1cnn(CC2CN(c3ncnc4sc(C)c(C)c34)C2)c1. The molecule has 0 aliphatic carbocycles. The van der Waals surface area contributed by atoms with E-state index >= 15 is 0 Å². The second-order valence-corrected chi connectivity index (χ2v) is 7.37. The first kappa shape index (κ1) is 13.7. The van der Waals surface area contributed by atoms with Gasteiger partial charge >= 0.3 is 0 Å². The Hall–Kier alpha value is -1.95. The fourth-order valence-corrected chi connectivity index (χ4v) is 4.08. The quantitative estimate of drug-likeness (QED) is 0.746. The molecule has 22 heavy (non-hydrogen) atoms. The number of nitrogens with zero attached hydrogens (tertiary/aromatic N) is 5. The van der Waals surface area contributed by atoms with Crippen LogP contribution in [0.25, 0.3) is 10.2 Å². The first-order valence-corrected chi connectivity index (χ1v) is 8.38. The van der Waals surface area contributed by atoms with Crippen LogP contribution in [0.4, 0.5) is 5.82 Å².